The second kappa shape index (κ2) is 8.55. The molecule has 1 nitrogen and oxygen atoms in total. The van der Waals surface area contributed by atoms with Gasteiger partial charge in [0.2, 0.25) is 0 Å². The van der Waals surface area contributed by atoms with Crippen LogP contribution in [0.25, 0.3) is 0 Å². The number of halogens is 1. The Bertz CT molecular complexity index is 297. The van der Waals surface area contributed by atoms with E-state index in [0.29, 0.717) is 0 Å². The fraction of sp³-hybridized carbons (Fsp3) is 0.625. The van der Waals surface area contributed by atoms with Crippen molar-refractivity contribution in [2.75, 3.05) is 6.54 Å². The van der Waals surface area contributed by atoms with E-state index in [0.717, 1.165) is 29.0 Å². The minimum atomic E-state index is 0.840. The lowest BCUT2D eigenvalue weighted by atomic mass is 9.81. The van der Waals surface area contributed by atoms with Crippen LogP contribution in [0.4, 0.5) is 0 Å². The second-order valence-corrected chi connectivity index (χ2v) is 5.69. The number of hydrogen-bond acceptors (Lipinski definition) is 1. The van der Waals surface area contributed by atoms with Gasteiger partial charge in [0.15, 0.2) is 0 Å². The van der Waals surface area contributed by atoms with Crippen LogP contribution in [0.3, 0.4) is 0 Å². The van der Waals surface area contributed by atoms with Gasteiger partial charge >= 0.3 is 0 Å². The fourth-order valence-corrected chi connectivity index (χ4v) is 2.56. The Morgan fingerprint density at radius 2 is 1.67 bits per heavy atom. The van der Waals surface area contributed by atoms with Crippen LogP contribution in [-0.4, -0.2) is 6.54 Å². The summed E-state index contributed by atoms with van der Waals surface area (Å²) in [5.41, 5.74) is 6.72. The summed E-state index contributed by atoms with van der Waals surface area (Å²) in [7, 11) is 0. The van der Waals surface area contributed by atoms with E-state index in [9.17, 15) is 0 Å². The molecule has 0 atom stereocenters. The molecule has 1 aliphatic carbocycles. The van der Waals surface area contributed by atoms with Crippen LogP contribution in [0.1, 0.15) is 44.6 Å². The Kier molecular flexibility index (Phi) is 7.38. The van der Waals surface area contributed by atoms with Gasteiger partial charge in [-0.25, -0.2) is 0 Å². The van der Waals surface area contributed by atoms with Gasteiger partial charge in [0.25, 0.3) is 0 Å². The van der Waals surface area contributed by atoms with Crippen LogP contribution in [0.5, 0.6) is 0 Å². The monoisotopic (exact) mass is 267 g/mol. The Labute approximate surface area is 117 Å². The van der Waals surface area contributed by atoms with Crippen LogP contribution in [0, 0.1) is 18.8 Å². The highest BCUT2D eigenvalue weighted by molar-refractivity contribution is 6.31. The van der Waals surface area contributed by atoms with Crippen molar-refractivity contribution in [3.05, 3.63) is 34.9 Å². The zero-order valence-corrected chi connectivity index (χ0v) is 12.4. The van der Waals surface area contributed by atoms with Crippen molar-refractivity contribution in [2.45, 2.75) is 46.0 Å². The number of rotatable bonds is 2. The number of nitrogens with two attached hydrogens (primary N) is 1. The molecule has 102 valence electrons. The summed E-state index contributed by atoms with van der Waals surface area (Å²) in [6.07, 6.45) is 7.00. The highest BCUT2D eigenvalue weighted by Crippen LogP contribution is 2.29. The highest BCUT2D eigenvalue weighted by atomic mass is 35.5. The van der Waals surface area contributed by atoms with Crippen LogP contribution < -0.4 is 5.73 Å². The maximum Gasteiger partial charge on any atom is 0.0435 e. The van der Waals surface area contributed by atoms with Crippen molar-refractivity contribution in [2.24, 2.45) is 17.6 Å². The van der Waals surface area contributed by atoms with E-state index in [4.69, 9.17) is 17.3 Å². The molecule has 1 aromatic carbocycles. The van der Waals surface area contributed by atoms with Gasteiger partial charge in [0.05, 0.1) is 0 Å². The quantitative estimate of drug-likeness (QED) is 0.818. The third kappa shape index (κ3) is 5.41. The first-order valence-electron chi connectivity index (χ1n) is 7.08. The largest absolute Gasteiger partial charge is 0.330 e. The van der Waals surface area contributed by atoms with Gasteiger partial charge < -0.3 is 5.73 Å². The third-order valence-corrected chi connectivity index (χ3v) is 4.38. The summed E-state index contributed by atoms with van der Waals surface area (Å²) in [4.78, 5) is 0. The molecule has 0 bridgehead atoms. The molecule has 0 spiro atoms. The van der Waals surface area contributed by atoms with E-state index >= 15 is 0 Å². The van der Waals surface area contributed by atoms with Gasteiger partial charge in [0.1, 0.15) is 0 Å². The van der Waals surface area contributed by atoms with Crippen LogP contribution in [0.15, 0.2) is 24.3 Å². The molecule has 0 unspecified atom stereocenters. The van der Waals surface area contributed by atoms with E-state index in [-0.39, 0.29) is 0 Å². The fourth-order valence-electron chi connectivity index (χ4n) is 2.43. The molecule has 1 aromatic rings. The van der Waals surface area contributed by atoms with Gasteiger partial charge in [0, 0.05) is 5.02 Å². The Morgan fingerprint density at radius 1 is 1.11 bits per heavy atom. The Balaban J connectivity index is 0.000000184. The lowest BCUT2D eigenvalue weighted by molar-refractivity contribution is 0.274. The molecular weight excluding hydrogens is 242 g/mol. The Morgan fingerprint density at radius 3 is 2.06 bits per heavy atom. The van der Waals surface area contributed by atoms with Crippen molar-refractivity contribution in [3.63, 3.8) is 0 Å². The maximum atomic E-state index is 5.71. The van der Waals surface area contributed by atoms with E-state index < -0.39 is 0 Å². The second-order valence-electron chi connectivity index (χ2n) is 5.28. The van der Waals surface area contributed by atoms with Crippen molar-refractivity contribution < 1.29 is 0 Å². The smallest absolute Gasteiger partial charge is 0.0435 e. The summed E-state index contributed by atoms with van der Waals surface area (Å²) < 4.78 is 0. The topological polar surface area (TPSA) is 26.0 Å². The zero-order valence-electron chi connectivity index (χ0n) is 11.7. The first-order valence-corrected chi connectivity index (χ1v) is 7.46. The van der Waals surface area contributed by atoms with Crippen molar-refractivity contribution in [1.82, 2.24) is 0 Å². The molecule has 0 amide bonds. The van der Waals surface area contributed by atoms with Gasteiger partial charge in [-0.2, -0.15) is 0 Å². The van der Waals surface area contributed by atoms with Crippen LogP contribution >= 0.6 is 11.6 Å². The first-order chi connectivity index (χ1) is 8.67. The molecule has 0 aliphatic heterocycles. The molecule has 2 N–H and O–H groups in total. The van der Waals surface area contributed by atoms with E-state index in [1.54, 1.807) is 0 Å². The molecule has 1 aliphatic rings. The molecule has 18 heavy (non-hydrogen) atoms. The molecule has 2 rings (SSSR count). The van der Waals surface area contributed by atoms with E-state index in [1.807, 2.05) is 31.2 Å². The van der Waals surface area contributed by atoms with Crippen molar-refractivity contribution >= 4 is 11.6 Å². The van der Waals surface area contributed by atoms with Gasteiger partial charge in [-0.1, -0.05) is 56.0 Å². The summed E-state index contributed by atoms with van der Waals surface area (Å²) in [6, 6.07) is 7.77. The SMILES string of the molecule is CCC1CCC(CN)CC1.Cc1ccccc1Cl. The standard InChI is InChI=1S/C9H19N.C7H7Cl/c1-2-8-3-5-9(7-10)6-4-8;1-6-4-2-3-5-7(6)8/h8-9H,2-7,10H2,1H3;2-5H,1H3. The first kappa shape index (κ1) is 15.5. The predicted octanol–water partition coefficient (Wildman–Crippen LogP) is 4.81. The molecule has 0 heterocycles. The number of hydrogen-bond donors (Lipinski definition) is 1. The number of benzene rings is 1. The molecule has 1 saturated carbocycles. The molecule has 1 fully saturated rings. The Hall–Kier alpha value is -0.530. The lowest BCUT2D eigenvalue weighted by Gasteiger charge is -2.26. The van der Waals surface area contributed by atoms with Gasteiger partial charge in [-0.15, -0.1) is 0 Å². The highest BCUT2D eigenvalue weighted by Gasteiger charge is 2.17. The van der Waals surface area contributed by atoms with Gasteiger partial charge in [-0.3, -0.25) is 0 Å². The number of aryl methyl sites for hydroxylation is 1. The molecule has 0 radical (unpaired) electrons. The van der Waals surface area contributed by atoms with Crippen LogP contribution in [-0.2, 0) is 0 Å². The summed E-state index contributed by atoms with van der Waals surface area (Å²) in [5.74, 6) is 1.87. The predicted molar refractivity (Wildman–Crippen MR) is 81.0 cm³/mol. The molecule has 0 aromatic heterocycles. The van der Waals surface area contributed by atoms with Crippen LogP contribution in [0.2, 0.25) is 5.02 Å². The van der Waals surface area contributed by atoms with Crippen molar-refractivity contribution in [3.8, 4) is 0 Å². The minimum Gasteiger partial charge on any atom is -0.330 e. The van der Waals surface area contributed by atoms with Crippen molar-refractivity contribution in [1.29, 1.82) is 0 Å². The summed E-state index contributed by atoms with van der Waals surface area (Å²) >= 11 is 5.71. The molecular formula is C16H26ClN. The summed E-state index contributed by atoms with van der Waals surface area (Å²) in [5, 5.41) is 0.840. The minimum absolute atomic E-state index is 0.840. The molecule has 0 saturated heterocycles. The zero-order chi connectivity index (χ0) is 13.4. The third-order valence-electron chi connectivity index (χ3n) is 3.95. The van der Waals surface area contributed by atoms with E-state index in [2.05, 4.69) is 6.92 Å². The maximum absolute atomic E-state index is 5.71. The lowest BCUT2D eigenvalue weighted by Crippen LogP contribution is -2.20. The van der Waals surface area contributed by atoms with Gasteiger partial charge in [-0.05, 0) is 49.8 Å². The summed E-state index contributed by atoms with van der Waals surface area (Å²) in [6.45, 7) is 5.20. The average molecular weight is 268 g/mol. The molecule has 2 heteroatoms. The normalized spacial score (nSPS) is 23.1. The van der Waals surface area contributed by atoms with E-state index in [1.165, 1.54) is 32.1 Å². The average Bonchev–Trinajstić information content (AvgIpc) is 2.43.